The van der Waals surface area contributed by atoms with Gasteiger partial charge in [-0.3, -0.25) is 0 Å². The number of nitrogens with zero attached hydrogens (tertiary/aromatic N) is 1. The lowest BCUT2D eigenvalue weighted by molar-refractivity contribution is 0.117. The highest BCUT2D eigenvalue weighted by atomic mass is 16.5. The van der Waals surface area contributed by atoms with Crippen molar-refractivity contribution in [2.24, 2.45) is 5.73 Å². The van der Waals surface area contributed by atoms with E-state index < -0.39 is 6.04 Å². The Balaban J connectivity index is 0.000000770. The fourth-order valence-electron chi connectivity index (χ4n) is 1.14. The van der Waals surface area contributed by atoms with E-state index in [9.17, 15) is 0 Å². The molecule has 0 saturated heterocycles. The summed E-state index contributed by atoms with van der Waals surface area (Å²) in [6, 6.07) is 9.45. The van der Waals surface area contributed by atoms with Crippen molar-refractivity contribution in [3.05, 3.63) is 35.4 Å². The molecule has 0 amide bonds. The summed E-state index contributed by atoms with van der Waals surface area (Å²) in [5.41, 5.74) is 7.69. The maximum absolute atomic E-state index is 8.42. The van der Waals surface area contributed by atoms with Crippen molar-refractivity contribution < 1.29 is 4.74 Å². The van der Waals surface area contributed by atoms with Crippen molar-refractivity contribution in [2.75, 3.05) is 6.61 Å². The molecule has 1 rings (SSSR count). The van der Waals surface area contributed by atoms with Gasteiger partial charge in [-0.2, -0.15) is 5.26 Å². The first kappa shape index (κ1) is 15.6. The quantitative estimate of drug-likeness (QED) is 0.871. The molecule has 0 aliphatic heterocycles. The molecule has 0 aliphatic carbocycles. The summed E-state index contributed by atoms with van der Waals surface area (Å²) in [6.45, 7) is 7.08. The van der Waals surface area contributed by atoms with E-state index in [1.165, 1.54) is 12.0 Å². The lowest BCUT2D eigenvalue weighted by Gasteiger charge is -2.05. The molecule has 3 heteroatoms. The summed E-state index contributed by atoms with van der Waals surface area (Å²) in [5, 5.41) is 8.42. The third kappa shape index (κ3) is 8.44. The monoisotopic (exact) mass is 234 g/mol. The summed E-state index contributed by atoms with van der Waals surface area (Å²) < 4.78 is 5.28. The third-order valence-electron chi connectivity index (χ3n) is 1.81. The molecule has 1 aromatic rings. The molecule has 0 aromatic heterocycles. The van der Waals surface area contributed by atoms with Crippen LogP contribution < -0.4 is 5.73 Å². The lowest BCUT2D eigenvalue weighted by Crippen LogP contribution is -2.23. The molecule has 0 heterocycles. The van der Waals surface area contributed by atoms with Crippen molar-refractivity contribution in [1.82, 2.24) is 0 Å². The standard InChI is InChI=1S/C11H14N2O.C3H8/c1-9-3-2-4-10(5-9)7-14-8-11(13)6-12;1-3-2/h2-5,11H,7-8,13H2,1H3;3H2,1-2H3. The molecule has 0 saturated carbocycles. The molecule has 94 valence electrons. The summed E-state index contributed by atoms with van der Waals surface area (Å²) in [6.07, 6.45) is 1.25. The molecule has 1 aromatic carbocycles. The summed E-state index contributed by atoms with van der Waals surface area (Å²) in [4.78, 5) is 0. The first-order valence-corrected chi connectivity index (χ1v) is 5.92. The minimum atomic E-state index is -0.528. The maximum Gasteiger partial charge on any atom is 0.116 e. The SMILES string of the molecule is CCC.Cc1cccc(COCC(N)C#N)c1. The number of ether oxygens (including phenoxy) is 1. The summed E-state index contributed by atoms with van der Waals surface area (Å²) in [7, 11) is 0. The van der Waals surface area contributed by atoms with Crippen LogP contribution in [0.3, 0.4) is 0 Å². The van der Waals surface area contributed by atoms with Crippen LogP contribution >= 0.6 is 0 Å². The fraction of sp³-hybridized carbons (Fsp3) is 0.500. The topological polar surface area (TPSA) is 59.0 Å². The maximum atomic E-state index is 8.42. The highest BCUT2D eigenvalue weighted by molar-refractivity contribution is 5.21. The number of benzene rings is 1. The van der Waals surface area contributed by atoms with Crippen LogP contribution in [0.15, 0.2) is 24.3 Å². The molecule has 0 aliphatic rings. The van der Waals surface area contributed by atoms with Crippen LogP contribution in [-0.2, 0) is 11.3 Å². The largest absolute Gasteiger partial charge is 0.374 e. The van der Waals surface area contributed by atoms with Gasteiger partial charge in [-0.05, 0) is 12.5 Å². The van der Waals surface area contributed by atoms with Crippen molar-refractivity contribution >= 4 is 0 Å². The predicted molar refractivity (Wildman–Crippen MR) is 70.4 cm³/mol. The summed E-state index contributed by atoms with van der Waals surface area (Å²) >= 11 is 0. The first-order valence-electron chi connectivity index (χ1n) is 5.92. The number of nitrogens with two attached hydrogens (primary N) is 1. The fourth-order valence-corrected chi connectivity index (χ4v) is 1.14. The molecular formula is C14H22N2O. The van der Waals surface area contributed by atoms with Crippen LogP contribution in [0.25, 0.3) is 0 Å². The van der Waals surface area contributed by atoms with Crippen LogP contribution in [0, 0.1) is 18.3 Å². The van der Waals surface area contributed by atoms with E-state index in [2.05, 4.69) is 19.9 Å². The van der Waals surface area contributed by atoms with E-state index in [4.69, 9.17) is 15.7 Å². The molecule has 0 spiro atoms. The minimum absolute atomic E-state index is 0.282. The van der Waals surface area contributed by atoms with E-state index in [-0.39, 0.29) is 6.61 Å². The van der Waals surface area contributed by atoms with E-state index in [1.807, 2.05) is 31.2 Å². The molecule has 17 heavy (non-hydrogen) atoms. The Kier molecular flexibility index (Phi) is 9.04. The van der Waals surface area contributed by atoms with Crippen molar-refractivity contribution in [3.63, 3.8) is 0 Å². The Morgan fingerprint density at radius 3 is 2.59 bits per heavy atom. The van der Waals surface area contributed by atoms with Gasteiger partial charge in [-0.25, -0.2) is 0 Å². The van der Waals surface area contributed by atoms with Gasteiger partial charge in [0.05, 0.1) is 19.3 Å². The zero-order valence-electron chi connectivity index (χ0n) is 10.9. The van der Waals surface area contributed by atoms with Crippen LogP contribution in [-0.4, -0.2) is 12.6 Å². The average molecular weight is 234 g/mol. The Morgan fingerprint density at radius 1 is 1.41 bits per heavy atom. The van der Waals surface area contributed by atoms with Crippen molar-refractivity contribution in [2.45, 2.75) is 39.8 Å². The van der Waals surface area contributed by atoms with Gasteiger partial charge in [0.25, 0.3) is 0 Å². The van der Waals surface area contributed by atoms with E-state index in [1.54, 1.807) is 0 Å². The molecule has 0 bridgehead atoms. The zero-order valence-corrected chi connectivity index (χ0v) is 10.9. The second-order valence-electron chi connectivity index (χ2n) is 3.95. The predicted octanol–water partition coefficient (Wildman–Crippen LogP) is 2.78. The Bertz CT molecular complexity index is 344. The third-order valence-corrected chi connectivity index (χ3v) is 1.81. The van der Waals surface area contributed by atoms with Gasteiger partial charge in [0.2, 0.25) is 0 Å². The van der Waals surface area contributed by atoms with Crippen molar-refractivity contribution in [3.8, 4) is 6.07 Å². The number of aryl methyl sites for hydroxylation is 1. The smallest absolute Gasteiger partial charge is 0.116 e. The van der Waals surface area contributed by atoms with Crippen LogP contribution in [0.4, 0.5) is 0 Å². The normalized spacial score (nSPS) is 11.0. The molecular weight excluding hydrogens is 212 g/mol. The molecule has 0 fully saturated rings. The first-order chi connectivity index (χ1) is 8.13. The van der Waals surface area contributed by atoms with Crippen LogP contribution in [0.1, 0.15) is 31.4 Å². The van der Waals surface area contributed by atoms with Crippen LogP contribution in [0.2, 0.25) is 0 Å². The van der Waals surface area contributed by atoms with Crippen LogP contribution in [0.5, 0.6) is 0 Å². The van der Waals surface area contributed by atoms with E-state index in [0.29, 0.717) is 6.61 Å². The highest BCUT2D eigenvalue weighted by Crippen LogP contribution is 2.05. The van der Waals surface area contributed by atoms with Gasteiger partial charge in [-0.1, -0.05) is 50.1 Å². The molecule has 1 atom stereocenters. The van der Waals surface area contributed by atoms with Gasteiger partial charge in [0.15, 0.2) is 0 Å². The molecule has 0 radical (unpaired) electrons. The van der Waals surface area contributed by atoms with Gasteiger partial charge < -0.3 is 10.5 Å². The van der Waals surface area contributed by atoms with Crippen molar-refractivity contribution in [1.29, 1.82) is 5.26 Å². The average Bonchev–Trinajstić information content (AvgIpc) is 2.30. The molecule has 2 N–H and O–H groups in total. The van der Waals surface area contributed by atoms with Gasteiger partial charge in [-0.15, -0.1) is 0 Å². The summed E-state index contributed by atoms with van der Waals surface area (Å²) in [5.74, 6) is 0. The number of nitriles is 1. The Hall–Kier alpha value is -1.37. The Labute approximate surface area is 104 Å². The highest BCUT2D eigenvalue weighted by Gasteiger charge is 1.99. The second kappa shape index (κ2) is 9.83. The number of rotatable bonds is 4. The number of hydrogen-bond donors (Lipinski definition) is 1. The van der Waals surface area contributed by atoms with Gasteiger partial charge in [0.1, 0.15) is 6.04 Å². The van der Waals surface area contributed by atoms with Gasteiger partial charge >= 0.3 is 0 Å². The zero-order chi connectivity index (χ0) is 13.1. The van der Waals surface area contributed by atoms with E-state index in [0.717, 1.165) is 5.56 Å². The Morgan fingerprint density at radius 2 is 2.06 bits per heavy atom. The molecule has 1 unspecified atom stereocenters. The number of hydrogen-bond acceptors (Lipinski definition) is 3. The molecule has 3 nitrogen and oxygen atoms in total. The minimum Gasteiger partial charge on any atom is -0.374 e. The second-order valence-corrected chi connectivity index (χ2v) is 3.95. The van der Waals surface area contributed by atoms with Gasteiger partial charge in [0, 0.05) is 0 Å². The lowest BCUT2D eigenvalue weighted by atomic mass is 10.1. The van der Waals surface area contributed by atoms with E-state index >= 15 is 0 Å².